The van der Waals surface area contributed by atoms with Gasteiger partial charge in [-0.25, -0.2) is 9.37 Å². The minimum absolute atomic E-state index is 0.00131. The summed E-state index contributed by atoms with van der Waals surface area (Å²) in [7, 11) is 0. The molecule has 2 aromatic carbocycles. The van der Waals surface area contributed by atoms with E-state index in [4.69, 9.17) is 4.42 Å². The number of nitrogens with one attached hydrogen (secondary N) is 1. The van der Waals surface area contributed by atoms with Crippen molar-refractivity contribution in [2.45, 2.75) is 12.5 Å². The molecule has 1 heterocycles. The summed E-state index contributed by atoms with van der Waals surface area (Å²) < 4.78 is 18.2. The topological polar surface area (TPSA) is 75.4 Å². The Kier molecular flexibility index (Phi) is 4.63. The Labute approximate surface area is 144 Å². The number of amides is 1. The summed E-state index contributed by atoms with van der Waals surface area (Å²) in [6, 6.07) is 12.4. The largest absolute Gasteiger partial charge is 0.444 e. The average Bonchev–Trinajstić information content (AvgIpc) is 3.15. The number of benzene rings is 2. The van der Waals surface area contributed by atoms with Gasteiger partial charge >= 0.3 is 0 Å². The lowest BCUT2D eigenvalue weighted by Crippen LogP contribution is -2.38. The van der Waals surface area contributed by atoms with Crippen LogP contribution in [0.5, 0.6) is 0 Å². The molecule has 1 atom stereocenters. The predicted molar refractivity (Wildman–Crippen MR) is 90.2 cm³/mol. The van der Waals surface area contributed by atoms with Gasteiger partial charge in [-0.05, 0) is 36.8 Å². The lowest BCUT2D eigenvalue weighted by atomic mass is 9.96. The molecular formula is C19H17FN2O3. The average molecular weight is 340 g/mol. The molecule has 1 aromatic heterocycles. The van der Waals surface area contributed by atoms with Crippen LogP contribution in [0.15, 0.2) is 65.5 Å². The van der Waals surface area contributed by atoms with Crippen molar-refractivity contribution in [3.63, 3.8) is 0 Å². The van der Waals surface area contributed by atoms with E-state index in [0.717, 1.165) is 5.56 Å². The molecule has 0 aliphatic carbocycles. The van der Waals surface area contributed by atoms with Gasteiger partial charge in [0.05, 0.1) is 12.7 Å². The molecule has 1 unspecified atom stereocenters. The van der Waals surface area contributed by atoms with Crippen LogP contribution < -0.4 is 5.32 Å². The normalized spacial score (nSPS) is 13.2. The van der Waals surface area contributed by atoms with Crippen molar-refractivity contribution >= 4 is 5.91 Å². The van der Waals surface area contributed by atoms with Gasteiger partial charge in [0.25, 0.3) is 5.91 Å². The molecule has 128 valence electrons. The van der Waals surface area contributed by atoms with E-state index in [1.807, 2.05) is 0 Å². The summed E-state index contributed by atoms with van der Waals surface area (Å²) in [6.07, 6.45) is 2.93. The number of oxazole rings is 1. The van der Waals surface area contributed by atoms with E-state index in [2.05, 4.69) is 10.3 Å². The number of halogens is 1. The van der Waals surface area contributed by atoms with Gasteiger partial charge in [-0.2, -0.15) is 0 Å². The third-order valence-electron chi connectivity index (χ3n) is 3.92. The second-order valence-electron chi connectivity index (χ2n) is 5.91. The monoisotopic (exact) mass is 340 g/mol. The van der Waals surface area contributed by atoms with E-state index in [9.17, 15) is 14.3 Å². The molecule has 3 rings (SSSR count). The van der Waals surface area contributed by atoms with Crippen LogP contribution in [0.1, 0.15) is 22.8 Å². The zero-order valence-electron chi connectivity index (χ0n) is 13.6. The van der Waals surface area contributed by atoms with E-state index in [-0.39, 0.29) is 18.3 Å². The Balaban J connectivity index is 1.65. The molecule has 0 aliphatic heterocycles. The van der Waals surface area contributed by atoms with Crippen molar-refractivity contribution in [2.75, 3.05) is 6.54 Å². The molecular weight excluding hydrogens is 323 g/mol. The van der Waals surface area contributed by atoms with Crippen LogP contribution in [0.3, 0.4) is 0 Å². The molecule has 0 saturated heterocycles. The van der Waals surface area contributed by atoms with Crippen LogP contribution in [0.4, 0.5) is 4.39 Å². The first kappa shape index (κ1) is 16.9. The van der Waals surface area contributed by atoms with Crippen LogP contribution >= 0.6 is 0 Å². The Hall–Kier alpha value is -2.99. The number of aliphatic hydroxyl groups is 1. The second-order valence-corrected chi connectivity index (χ2v) is 5.91. The minimum atomic E-state index is -1.30. The molecule has 6 heteroatoms. The molecule has 0 aliphatic rings. The third-order valence-corrected chi connectivity index (χ3v) is 3.92. The van der Waals surface area contributed by atoms with Gasteiger partial charge < -0.3 is 14.8 Å². The van der Waals surface area contributed by atoms with Crippen LogP contribution in [0.2, 0.25) is 0 Å². The van der Waals surface area contributed by atoms with Crippen molar-refractivity contribution < 1.29 is 18.7 Å². The first-order chi connectivity index (χ1) is 12.0. The fourth-order valence-corrected chi connectivity index (χ4v) is 2.41. The zero-order chi connectivity index (χ0) is 17.9. The number of rotatable bonds is 5. The molecule has 0 fully saturated rings. The highest BCUT2D eigenvalue weighted by atomic mass is 19.1. The van der Waals surface area contributed by atoms with Gasteiger partial charge in [0, 0.05) is 11.1 Å². The Morgan fingerprint density at radius 1 is 1.20 bits per heavy atom. The third kappa shape index (κ3) is 3.92. The highest BCUT2D eigenvalue weighted by Gasteiger charge is 2.24. The summed E-state index contributed by atoms with van der Waals surface area (Å²) in [5, 5.41) is 13.2. The highest BCUT2D eigenvalue weighted by Crippen LogP contribution is 2.21. The van der Waals surface area contributed by atoms with Gasteiger partial charge in [-0.15, -0.1) is 0 Å². The van der Waals surface area contributed by atoms with Crippen molar-refractivity contribution in [1.82, 2.24) is 10.3 Å². The number of carbonyl (C=O) groups excluding carboxylic acids is 1. The van der Waals surface area contributed by atoms with Gasteiger partial charge in [0.1, 0.15) is 11.4 Å². The quantitative estimate of drug-likeness (QED) is 0.748. The van der Waals surface area contributed by atoms with E-state index < -0.39 is 5.60 Å². The summed E-state index contributed by atoms with van der Waals surface area (Å²) in [5.41, 5.74) is 0.490. The number of hydrogen-bond donors (Lipinski definition) is 2. The lowest BCUT2D eigenvalue weighted by molar-refractivity contribution is 0.0526. The van der Waals surface area contributed by atoms with Crippen molar-refractivity contribution in [3.8, 4) is 11.3 Å². The number of nitrogens with zero attached hydrogens (tertiary/aromatic N) is 1. The van der Waals surface area contributed by atoms with E-state index >= 15 is 0 Å². The van der Waals surface area contributed by atoms with Gasteiger partial charge in [0.15, 0.2) is 12.2 Å². The molecule has 0 radical (unpaired) electrons. The van der Waals surface area contributed by atoms with Crippen molar-refractivity contribution in [3.05, 3.63) is 78.1 Å². The SMILES string of the molecule is CC(O)(CNC(=O)c1ccc(-c2cnco2)cc1)c1ccc(F)cc1. The molecule has 1 amide bonds. The van der Waals surface area contributed by atoms with Crippen molar-refractivity contribution in [1.29, 1.82) is 0 Å². The first-order valence-corrected chi connectivity index (χ1v) is 7.71. The lowest BCUT2D eigenvalue weighted by Gasteiger charge is -2.24. The molecule has 0 spiro atoms. The maximum atomic E-state index is 13.0. The molecule has 3 aromatic rings. The summed E-state index contributed by atoms with van der Waals surface area (Å²) in [6.45, 7) is 1.56. The fraction of sp³-hybridized carbons (Fsp3) is 0.158. The fourth-order valence-electron chi connectivity index (χ4n) is 2.41. The number of carbonyl (C=O) groups is 1. The van der Waals surface area contributed by atoms with E-state index in [1.165, 1.54) is 30.7 Å². The van der Waals surface area contributed by atoms with Gasteiger partial charge in [-0.1, -0.05) is 24.3 Å². The van der Waals surface area contributed by atoms with Crippen molar-refractivity contribution in [2.24, 2.45) is 0 Å². The number of aromatic nitrogens is 1. The highest BCUT2D eigenvalue weighted by molar-refractivity contribution is 5.94. The van der Waals surface area contributed by atoms with E-state index in [0.29, 0.717) is 16.9 Å². The zero-order valence-corrected chi connectivity index (χ0v) is 13.6. The number of hydrogen-bond acceptors (Lipinski definition) is 4. The van der Waals surface area contributed by atoms with Crippen LogP contribution in [-0.4, -0.2) is 22.5 Å². The summed E-state index contributed by atoms with van der Waals surface area (Å²) in [5.74, 6) is -0.0758. The maximum absolute atomic E-state index is 13.0. The van der Waals surface area contributed by atoms with Crippen LogP contribution in [0.25, 0.3) is 11.3 Å². The Morgan fingerprint density at radius 2 is 1.88 bits per heavy atom. The first-order valence-electron chi connectivity index (χ1n) is 7.71. The summed E-state index contributed by atoms with van der Waals surface area (Å²) in [4.78, 5) is 16.1. The smallest absolute Gasteiger partial charge is 0.251 e. The Bertz CT molecular complexity index is 841. The standard InChI is InChI=1S/C19H17FN2O3/c1-19(24,15-6-8-16(20)9-7-15)11-22-18(23)14-4-2-13(3-5-14)17-10-21-12-25-17/h2-10,12,24H,11H2,1H3,(H,22,23). The minimum Gasteiger partial charge on any atom is -0.444 e. The Morgan fingerprint density at radius 3 is 2.48 bits per heavy atom. The molecule has 2 N–H and O–H groups in total. The van der Waals surface area contributed by atoms with Crippen LogP contribution in [0, 0.1) is 5.82 Å². The second kappa shape index (κ2) is 6.86. The van der Waals surface area contributed by atoms with Gasteiger partial charge in [-0.3, -0.25) is 4.79 Å². The maximum Gasteiger partial charge on any atom is 0.251 e. The molecule has 25 heavy (non-hydrogen) atoms. The van der Waals surface area contributed by atoms with E-state index in [1.54, 1.807) is 37.4 Å². The summed E-state index contributed by atoms with van der Waals surface area (Å²) >= 11 is 0. The van der Waals surface area contributed by atoms with Gasteiger partial charge in [0.2, 0.25) is 0 Å². The molecule has 0 bridgehead atoms. The molecule has 5 nitrogen and oxygen atoms in total. The molecule has 0 saturated carbocycles. The predicted octanol–water partition coefficient (Wildman–Crippen LogP) is 3.12. The van der Waals surface area contributed by atoms with Crippen LogP contribution in [-0.2, 0) is 5.60 Å².